The van der Waals surface area contributed by atoms with Gasteiger partial charge in [0.15, 0.2) is 0 Å². The van der Waals surface area contributed by atoms with E-state index in [4.69, 9.17) is 28.9 Å². The molecule has 0 radical (unpaired) electrons. The highest BCUT2D eigenvalue weighted by atomic mass is 35.5. The molecule has 0 fully saturated rings. The molecule has 8 heteroatoms. The molecule has 0 saturated heterocycles. The molecule has 0 aliphatic carbocycles. The van der Waals surface area contributed by atoms with E-state index >= 15 is 0 Å². The summed E-state index contributed by atoms with van der Waals surface area (Å²) in [6.45, 7) is -0.131. The van der Waals surface area contributed by atoms with Gasteiger partial charge in [-0.05, 0) is 0 Å². The lowest BCUT2D eigenvalue weighted by molar-refractivity contribution is -0.276. The number of pyridine rings is 1. The summed E-state index contributed by atoms with van der Waals surface area (Å²) in [6.07, 6.45) is -4.82. The Kier molecular flexibility index (Phi) is 3.64. The van der Waals surface area contributed by atoms with E-state index in [1.54, 1.807) is 0 Å². The highest BCUT2D eigenvalue weighted by Gasteiger charge is 2.32. The number of halogens is 5. The molecule has 0 aromatic carbocycles. The zero-order valence-corrected chi connectivity index (χ0v) is 8.62. The topological polar surface area (TPSA) is 48.1 Å². The van der Waals surface area contributed by atoms with E-state index < -0.39 is 12.2 Å². The van der Waals surface area contributed by atoms with Crippen LogP contribution in [0, 0.1) is 0 Å². The minimum atomic E-state index is -4.82. The molecule has 0 spiro atoms. The highest BCUT2D eigenvalue weighted by molar-refractivity contribution is 6.42. The number of aromatic nitrogens is 1. The van der Waals surface area contributed by atoms with Crippen LogP contribution in [0.1, 0.15) is 5.69 Å². The fraction of sp³-hybridized carbons (Fsp3) is 0.286. The maximum absolute atomic E-state index is 11.8. The van der Waals surface area contributed by atoms with Gasteiger partial charge in [-0.25, -0.2) is 4.98 Å². The first-order chi connectivity index (χ1) is 6.83. The lowest BCUT2D eigenvalue weighted by Crippen LogP contribution is -2.18. The Morgan fingerprint density at radius 3 is 2.47 bits per heavy atom. The maximum Gasteiger partial charge on any atom is 0.574 e. The molecule has 1 heterocycles. The Morgan fingerprint density at radius 1 is 1.40 bits per heavy atom. The molecule has 0 aliphatic heterocycles. The Morgan fingerprint density at radius 2 is 2.00 bits per heavy atom. The van der Waals surface area contributed by atoms with Gasteiger partial charge >= 0.3 is 6.36 Å². The quantitative estimate of drug-likeness (QED) is 0.890. The van der Waals surface area contributed by atoms with Crippen molar-refractivity contribution in [3.05, 3.63) is 21.8 Å². The summed E-state index contributed by atoms with van der Waals surface area (Å²) in [4.78, 5) is 3.45. The summed E-state index contributed by atoms with van der Waals surface area (Å²) in [5.41, 5.74) is 5.25. The first-order valence-corrected chi connectivity index (χ1v) is 4.40. The summed E-state index contributed by atoms with van der Waals surface area (Å²) >= 11 is 11.2. The van der Waals surface area contributed by atoms with Crippen molar-refractivity contribution in [3.8, 4) is 5.88 Å². The van der Waals surface area contributed by atoms with Crippen molar-refractivity contribution in [2.24, 2.45) is 5.73 Å². The van der Waals surface area contributed by atoms with Gasteiger partial charge in [0.05, 0.1) is 15.7 Å². The van der Waals surface area contributed by atoms with E-state index in [0.29, 0.717) is 0 Å². The van der Waals surface area contributed by atoms with Crippen LogP contribution in [0.4, 0.5) is 13.2 Å². The lowest BCUT2D eigenvalue weighted by Gasteiger charge is -2.10. The third-order valence-electron chi connectivity index (χ3n) is 1.37. The average molecular weight is 261 g/mol. The highest BCUT2D eigenvalue weighted by Crippen LogP contribution is 2.30. The van der Waals surface area contributed by atoms with E-state index in [-0.39, 0.29) is 22.3 Å². The Balaban J connectivity index is 3.06. The maximum atomic E-state index is 11.8. The van der Waals surface area contributed by atoms with Crippen LogP contribution in [0.2, 0.25) is 10.0 Å². The molecule has 0 bridgehead atoms. The van der Waals surface area contributed by atoms with Crippen molar-refractivity contribution >= 4 is 23.2 Å². The van der Waals surface area contributed by atoms with Crippen molar-refractivity contribution in [3.63, 3.8) is 0 Å². The first kappa shape index (κ1) is 12.4. The predicted octanol–water partition coefficient (Wildman–Crippen LogP) is 2.75. The van der Waals surface area contributed by atoms with Crippen LogP contribution in [0.3, 0.4) is 0 Å². The smallest absolute Gasteiger partial charge is 0.388 e. The largest absolute Gasteiger partial charge is 0.574 e. The van der Waals surface area contributed by atoms with Crippen LogP contribution in [-0.2, 0) is 6.54 Å². The Bertz CT molecular complexity index is 370. The molecule has 0 aliphatic rings. The van der Waals surface area contributed by atoms with Crippen molar-refractivity contribution in [1.29, 1.82) is 0 Å². The summed E-state index contributed by atoms with van der Waals surface area (Å²) in [7, 11) is 0. The Labute approximate surface area is 92.9 Å². The molecule has 1 rings (SSSR count). The summed E-state index contributed by atoms with van der Waals surface area (Å²) < 4.78 is 39.1. The molecule has 0 saturated carbocycles. The minimum Gasteiger partial charge on any atom is -0.388 e. The van der Waals surface area contributed by atoms with E-state index in [1.807, 2.05) is 0 Å². The fourth-order valence-electron chi connectivity index (χ4n) is 0.830. The van der Waals surface area contributed by atoms with E-state index in [1.165, 1.54) is 0 Å². The third-order valence-corrected chi connectivity index (χ3v) is 2.19. The van der Waals surface area contributed by atoms with Gasteiger partial charge in [0, 0.05) is 12.6 Å². The van der Waals surface area contributed by atoms with Gasteiger partial charge in [-0.2, -0.15) is 0 Å². The van der Waals surface area contributed by atoms with Crippen molar-refractivity contribution in [1.82, 2.24) is 4.98 Å². The number of nitrogens with two attached hydrogens (primary N) is 1. The molecular weight excluding hydrogens is 256 g/mol. The number of alkyl halides is 3. The minimum absolute atomic E-state index is 0.0219. The van der Waals surface area contributed by atoms with Crippen LogP contribution in [0.15, 0.2) is 6.07 Å². The molecule has 15 heavy (non-hydrogen) atoms. The lowest BCUT2D eigenvalue weighted by atomic mass is 10.3. The van der Waals surface area contributed by atoms with Gasteiger partial charge in [0.25, 0.3) is 0 Å². The second kappa shape index (κ2) is 4.42. The first-order valence-electron chi connectivity index (χ1n) is 3.64. The van der Waals surface area contributed by atoms with Crippen LogP contribution >= 0.6 is 23.2 Å². The van der Waals surface area contributed by atoms with Gasteiger partial charge < -0.3 is 10.5 Å². The zero-order chi connectivity index (χ0) is 11.6. The van der Waals surface area contributed by atoms with Crippen molar-refractivity contribution < 1.29 is 17.9 Å². The van der Waals surface area contributed by atoms with Crippen LogP contribution < -0.4 is 10.5 Å². The van der Waals surface area contributed by atoms with Gasteiger partial charge in [0.1, 0.15) is 0 Å². The normalized spacial score (nSPS) is 11.6. The second-order valence-electron chi connectivity index (χ2n) is 2.45. The van der Waals surface area contributed by atoms with Crippen molar-refractivity contribution in [2.45, 2.75) is 12.9 Å². The van der Waals surface area contributed by atoms with Gasteiger partial charge in [0.2, 0.25) is 5.88 Å². The molecular formula is C7H5Cl2F3N2O. The average Bonchev–Trinajstić information content (AvgIpc) is 2.08. The third kappa shape index (κ3) is 3.40. The van der Waals surface area contributed by atoms with Crippen LogP contribution in [-0.4, -0.2) is 11.3 Å². The Hall–Kier alpha value is -0.720. The van der Waals surface area contributed by atoms with Crippen molar-refractivity contribution in [2.75, 3.05) is 0 Å². The van der Waals surface area contributed by atoms with Crippen LogP contribution in [0.25, 0.3) is 0 Å². The monoisotopic (exact) mass is 260 g/mol. The number of hydrogen-bond donors (Lipinski definition) is 1. The molecule has 1 aromatic heterocycles. The standard InChI is InChI=1S/C7H5Cl2F3N2O/c8-3-1-5(15-7(10,11)12)14-4(2-13)6(3)9/h1H,2,13H2. The second-order valence-corrected chi connectivity index (χ2v) is 3.24. The van der Waals surface area contributed by atoms with E-state index in [9.17, 15) is 13.2 Å². The fourth-order valence-corrected chi connectivity index (χ4v) is 1.21. The predicted molar refractivity (Wildman–Crippen MR) is 48.8 cm³/mol. The number of ether oxygens (including phenoxy) is 1. The van der Waals surface area contributed by atoms with Crippen LogP contribution in [0.5, 0.6) is 5.88 Å². The molecule has 0 amide bonds. The molecule has 1 aromatic rings. The van der Waals surface area contributed by atoms with Gasteiger partial charge in [-0.15, -0.1) is 13.2 Å². The van der Waals surface area contributed by atoms with E-state index in [0.717, 1.165) is 6.07 Å². The molecule has 84 valence electrons. The molecule has 0 atom stereocenters. The molecule has 3 nitrogen and oxygen atoms in total. The molecule has 0 unspecified atom stereocenters. The summed E-state index contributed by atoms with van der Waals surface area (Å²) in [5.74, 6) is -0.683. The number of hydrogen-bond acceptors (Lipinski definition) is 3. The number of rotatable bonds is 2. The summed E-state index contributed by atoms with van der Waals surface area (Å²) in [6, 6.07) is 0.872. The van der Waals surface area contributed by atoms with Gasteiger partial charge in [-0.3, -0.25) is 0 Å². The van der Waals surface area contributed by atoms with Gasteiger partial charge in [-0.1, -0.05) is 23.2 Å². The SMILES string of the molecule is NCc1nc(OC(F)(F)F)cc(Cl)c1Cl. The number of nitrogens with zero attached hydrogens (tertiary/aromatic N) is 1. The summed E-state index contributed by atoms with van der Waals surface area (Å²) in [5, 5.41) is -0.0694. The van der Waals surface area contributed by atoms with E-state index in [2.05, 4.69) is 9.72 Å². The molecule has 2 N–H and O–H groups in total. The zero-order valence-electron chi connectivity index (χ0n) is 7.11.